The van der Waals surface area contributed by atoms with Crippen LogP contribution in [0.5, 0.6) is 34.5 Å². The molecule has 0 atom stereocenters. The number of fused-ring (bicyclic) bond motifs is 6. The van der Waals surface area contributed by atoms with Gasteiger partial charge in [-0.3, -0.25) is 0 Å². The minimum atomic E-state index is 0.689. The van der Waals surface area contributed by atoms with E-state index in [1.807, 2.05) is 0 Å². The van der Waals surface area contributed by atoms with Crippen LogP contribution in [0.1, 0.15) is 735 Å². The van der Waals surface area contributed by atoms with Gasteiger partial charge >= 0.3 is 0 Å². The van der Waals surface area contributed by atoms with E-state index in [0.717, 1.165) is 73.0 Å². The van der Waals surface area contributed by atoms with Crippen molar-refractivity contribution in [3.63, 3.8) is 0 Å². The van der Waals surface area contributed by atoms with E-state index in [-0.39, 0.29) is 0 Å². The first kappa shape index (κ1) is 133. The molecule has 6 nitrogen and oxygen atoms in total. The fraction of sp³-hybridized carbons (Fsp3) is 0.870. The van der Waals surface area contributed by atoms with Gasteiger partial charge in [0.05, 0.1) is 39.6 Å². The molecule has 0 heterocycles. The smallest absolute Gasteiger partial charge is 0.161 e. The van der Waals surface area contributed by atoms with Crippen molar-refractivity contribution in [3.05, 3.63) is 36.4 Å². The highest BCUT2D eigenvalue weighted by atomic mass is 16.5. The van der Waals surface area contributed by atoms with Crippen molar-refractivity contribution in [3.8, 4) is 34.5 Å². The third kappa shape index (κ3) is 78.6. The van der Waals surface area contributed by atoms with Crippen LogP contribution in [-0.2, 0) is 0 Å². The molecular weight excluding hydrogens is 1750 g/mol. The van der Waals surface area contributed by atoms with Gasteiger partial charge in [-0.15, -0.1) is 0 Å². The molecule has 0 spiro atoms. The molecule has 6 heteroatoms. The Hall–Kier alpha value is -3.54. The van der Waals surface area contributed by atoms with Gasteiger partial charge in [-0.05, 0) is 107 Å². The molecule has 0 amide bonds. The number of hydrogen-bond acceptors (Lipinski definition) is 6. The normalized spacial score (nSPS) is 11.8. The molecule has 0 unspecified atom stereocenters. The molecule has 0 saturated heterocycles. The lowest BCUT2D eigenvalue weighted by Crippen LogP contribution is -2.05. The molecule has 144 heavy (non-hydrogen) atoms. The summed E-state index contributed by atoms with van der Waals surface area (Å²) in [6.07, 6.45) is 148. The summed E-state index contributed by atoms with van der Waals surface area (Å²) in [6, 6.07) is 14.3. The molecule has 4 aromatic rings. The molecule has 0 N–H and O–H groups in total. The number of hydrogen-bond donors (Lipinski definition) is 0. The number of benzene rings is 4. The second-order valence-corrected chi connectivity index (χ2v) is 46.7. The van der Waals surface area contributed by atoms with Crippen LogP contribution in [0.25, 0.3) is 32.3 Å². The fourth-order valence-corrected chi connectivity index (χ4v) is 22.8. The van der Waals surface area contributed by atoms with Gasteiger partial charge in [0.1, 0.15) is 0 Å². The van der Waals surface area contributed by atoms with E-state index >= 15 is 0 Å². The highest BCUT2D eigenvalue weighted by Gasteiger charge is 2.22. The molecule has 840 valence electrons. The van der Waals surface area contributed by atoms with Crippen LogP contribution >= 0.6 is 0 Å². The Morgan fingerprint density at radius 3 is 0.222 bits per heavy atom. The first-order valence-corrected chi connectivity index (χ1v) is 66.9. The summed E-state index contributed by atoms with van der Waals surface area (Å²) < 4.78 is 43.2. The topological polar surface area (TPSA) is 55.4 Å². The van der Waals surface area contributed by atoms with E-state index in [1.54, 1.807) is 0 Å². The lowest BCUT2D eigenvalue weighted by Gasteiger charge is -2.21. The summed E-state index contributed by atoms with van der Waals surface area (Å²) in [5.74, 6) is 5.27. The lowest BCUT2D eigenvalue weighted by atomic mass is 9.93. The Balaban J connectivity index is 1.68. The van der Waals surface area contributed by atoms with Crippen molar-refractivity contribution in [2.24, 2.45) is 0 Å². The predicted octanol–water partition coefficient (Wildman–Crippen LogP) is 49.7. The molecule has 0 bridgehead atoms. The zero-order valence-corrected chi connectivity index (χ0v) is 98.5. The second kappa shape index (κ2) is 106. The molecule has 0 saturated carbocycles. The van der Waals surface area contributed by atoms with Crippen LogP contribution in [0.3, 0.4) is 0 Å². The van der Waals surface area contributed by atoms with Gasteiger partial charge in [0.25, 0.3) is 0 Å². The summed E-state index contributed by atoms with van der Waals surface area (Å²) in [7, 11) is 0. The monoisotopic (exact) mass is 2010 g/mol. The van der Waals surface area contributed by atoms with Gasteiger partial charge in [0.2, 0.25) is 0 Å². The van der Waals surface area contributed by atoms with Gasteiger partial charge in [-0.25, -0.2) is 0 Å². The molecule has 0 fully saturated rings. The minimum absolute atomic E-state index is 0.689. The first-order chi connectivity index (χ1) is 71.6. The minimum Gasteiger partial charge on any atom is -0.490 e. The quantitative estimate of drug-likeness (QED) is 0.0324. The Labute approximate surface area is 900 Å². The predicted molar refractivity (Wildman–Crippen MR) is 645 cm³/mol. The van der Waals surface area contributed by atoms with Crippen LogP contribution in [0, 0.1) is 0 Å². The standard InChI is InChI=1S/C138H252O6/c1-7-13-19-25-31-37-43-49-55-61-67-73-79-85-91-97-103-109-115-139-133-121-127-128(122-134(133)140-116-110-104-98-92-86-80-74-68-62-56-50-44-38-32-26-20-14-8-2)130-124-136(142-118-112-106-100-94-88-82-76-70-64-58-52-46-40-34-28-22-16-10-4)138(144-120-114-108-102-96-90-84-78-72-66-60-54-48-42-36-30-24-18-12-6)126-132(130)131-125-137(143-119-113-107-101-95-89-83-77-71-65-59-53-47-41-35-29-23-17-11-5)135(123-129(127)131)141-117-111-105-99-93-87-81-75-69-63-57-51-45-39-33-27-21-15-9-3/h121-126H,7-120H2,1-6H3. The van der Waals surface area contributed by atoms with Gasteiger partial charge in [0, 0.05) is 0 Å². The number of rotatable bonds is 120. The van der Waals surface area contributed by atoms with Crippen molar-refractivity contribution in [2.75, 3.05) is 39.6 Å². The molecule has 4 aromatic carbocycles. The molecule has 4 rings (SSSR count). The average molecular weight is 2010 g/mol. The summed E-state index contributed by atoms with van der Waals surface area (Å²) in [6.45, 7) is 18.1. The van der Waals surface area contributed by atoms with E-state index < -0.39 is 0 Å². The van der Waals surface area contributed by atoms with Crippen molar-refractivity contribution in [2.45, 2.75) is 735 Å². The summed E-state index contributed by atoms with van der Waals surface area (Å²) in [5.41, 5.74) is 0. The van der Waals surface area contributed by atoms with Crippen molar-refractivity contribution >= 4 is 32.3 Å². The first-order valence-electron chi connectivity index (χ1n) is 66.9. The highest BCUT2D eigenvalue weighted by molar-refractivity contribution is 6.27. The van der Waals surface area contributed by atoms with Crippen LogP contribution in [-0.4, -0.2) is 39.6 Å². The maximum absolute atomic E-state index is 7.19. The molecule has 0 aromatic heterocycles. The van der Waals surface area contributed by atoms with E-state index in [2.05, 4.69) is 77.9 Å². The van der Waals surface area contributed by atoms with E-state index in [4.69, 9.17) is 28.4 Å². The lowest BCUT2D eigenvalue weighted by molar-refractivity contribution is 0.258. The average Bonchev–Trinajstić information content (AvgIpc) is 0.724. The molecule has 0 aliphatic heterocycles. The van der Waals surface area contributed by atoms with Crippen LogP contribution in [0.4, 0.5) is 0 Å². The van der Waals surface area contributed by atoms with Crippen LogP contribution in [0.2, 0.25) is 0 Å². The maximum Gasteiger partial charge on any atom is 0.161 e. The van der Waals surface area contributed by atoms with Gasteiger partial charge in [-0.2, -0.15) is 0 Å². The molecule has 0 radical (unpaired) electrons. The summed E-state index contributed by atoms with van der Waals surface area (Å²) >= 11 is 0. The van der Waals surface area contributed by atoms with Gasteiger partial charge < -0.3 is 28.4 Å². The van der Waals surface area contributed by atoms with Crippen molar-refractivity contribution in [1.29, 1.82) is 0 Å². The highest BCUT2D eigenvalue weighted by Crippen LogP contribution is 2.48. The van der Waals surface area contributed by atoms with Gasteiger partial charge in [-0.1, -0.05) is 696 Å². The van der Waals surface area contributed by atoms with Crippen molar-refractivity contribution in [1.82, 2.24) is 0 Å². The second-order valence-electron chi connectivity index (χ2n) is 46.7. The number of unbranched alkanes of at least 4 members (excludes halogenated alkanes) is 102. The maximum atomic E-state index is 7.19. The molecular formula is C138H252O6. The van der Waals surface area contributed by atoms with Crippen LogP contribution in [0.15, 0.2) is 36.4 Å². The largest absolute Gasteiger partial charge is 0.490 e. The van der Waals surface area contributed by atoms with Crippen molar-refractivity contribution < 1.29 is 28.4 Å². The Bertz CT molecular complexity index is 2680. The fourth-order valence-electron chi connectivity index (χ4n) is 22.8. The third-order valence-electron chi connectivity index (χ3n) is 32.7. The van der Waals surface area contributed by atoms with E-state index in [1.165, 1.54) is 687 Å². The Kier molecular flexibility index (Phi) is 98.1. The zero-order chi connectivity index (χ0) is 102. The van der Waals surface area contributed by atoms with E-state index in [9.17, 15) is 0 Å². The Morgan fingerprint density at radius 1 is 0.0903 bits per heavy atom. The molecule has 0 aliphatic rings. The number of ether oxygens (including phenoxy) is 6. The van der Waals surface area contributed by atoms with E-state index in [0.29, 0.717) is 39.6 Å². The zero-order valence-electron chi connectivity index (χ0n) is 98.5. The molecule has 0 aliphatic carbocycles. The van der Waals surface area contributed by atoms with Crippen LogP contribution < -0.4 is 28.4 Å². The Morgan fingerprint density at radius 2 is 0.153 bits per heavy atom. The third-order valence-corrected chi connectivity index (χ3v) is 32.7. The van der Waals surface area contributed by atoms with Gasteiger partial charge in [0.15, 0.2) is 34.5 Å². The SMILES string of the molecule is CCCCCCCCCCCCCCCCCCCCOc1cc2c3cc(OCCCCCCCCCCCCCCCCCCCC)c(OCCCCCCCCCCCCCCCCCCCC)cc3c3cc(OCCCCCCCCCCCCCCCCCCCC)c(OCCCCCCCCCCCCCCCCCCCC)cc3c2cc1OCCCCCCCCCCCCCCCCCCCC. The summed E-state index contributed by atoms with van der Waals surface area (Å²) in [5, 5.41) is 7.09. The summed E-state index contributed by atoms with van der Waals surface area (Å²) in [4.78, 5) is 0.